The van der Waals surface area contributed by atoms with Crippen LogP contribution in [0.15, 0.2) is 42.5 Å². The minimum absolute atomic E-state index is 0.0900. The molecule has 0 fully saturated rings. The summed E-state index contributed by atoms with van der Waals surface area (Å²) in [5.74, 6) is 0.243. The first kappa shape index (κ1) is 18.8. The fraction of sp³-hybridized carbons (Fsp3) is 0.263. The third-order valence-electron chi connectivity index (χ3n) is 3.62. The van der Waals surface area contributed by atoms with Gasteiger partial charge in [0.15, 0.2) is 6.10 Å². The molecular formula is C19H21ClN2O3. The first-order chi connectivity index (χ1) is 11.8. The van der Waals surface area contributed by atoms with Crippen molar-refractivity contribution in [3.63, 3.8) is 0 Å². The maximum Gasteiger partial charge on any atom is 0.265 e. The lowest BCUT2D eigenvalue weighted by molar-refractivity contribution is -0.122. The Balaban J connectivity index is 2.00. The molecule has 0 aliphatic rings. The highest BCUT2D eigenvalue weighted by Crippen LogP contribution is 2.23. The zero-order valence-corrected chi connectivity index (χ0v) is 15.4. The van der Waals surface area contributed by atoms with Gasteiger partial charge >= 0.3 is 0 Å². The monoisotopic (exact) mass is 360 g/mol. The summed E-state index contributed by atoms with van der Waals surface area (Å²) in [6, 6.07) is 12.0. The van der Waals surface area contributed by atoms with E-state index in [1.807, 2.05) is 6.92 Å². The fourth-order valence-corrected chi connectivity index (χ4v) is 2.41. The van der Waals surface area contributed by atoms with Crippen molar-refractivity contribution in [3.8, 4) is 5.75 Å². The van der Waals surface area contributed by atoms with Crippen molar-refractivity contribution in [2.75, 3.05) is 19.4 Å². The highest BCUT2D eigenvalue weighted by molar-refractivity contribution is 6.30. The largest absolute Gasteiger partial charge is 0.481 e. The molecular weight excluding hydrogens is 340 g/mol. The van der Waals surface area contributed by atoms with Crippen LogP contribution in [0.3, 0.4) is 0 Å². The number of nitrogens with one attached hydrogen (secondary N) is 1. The molecule has 1 unspecified atom stereocenters. The van der Waals surface area contributed by atoms with Gasteiger partial charge in [-0.1, -0.05) is 11.6 Å². The molecule has 0 spiro atoms. The van der Waals surface area contributed by atoms with Crippen LogP contribution in [0, 0.1) is 6.92 Å². The van der Waals surface area contributed by atoms with Gasteiger partial charge in [0.25, 0.3) is 11.8 Å². The van der Waals surface area contributed by atoms with Crippen molar-refractivity contribution in [3.05, 3.63) is 58.6 Å². The molecule has 2 rings (SSSR count). The number of aryl methyl sites for hydroxylation is 1. The Morgan fingerprint density at radius 1 is 1.12 bits per heavy atom. The van der Waals surface area contributed by atoms with E-state index in [1.54, 1.807) is 63.5 Å². The van der Waals surface area contributed by atoms with Crippen molar-refractivity contribution in [1.29, 1.82) is 0 Å². The normalized spacial score (nSPS) is 11.6. The van der Waals surface area contributed by atoms with Crippen LogP contribution in [0.1, 0.15) is 22.8 Å². The number of benzene rings is 2. The molecule has 2 amide bonds. The van der Waals surface area contributed by atoms with Crippen molar-refractivity contribution in [2.24, 2.45) is 0 Å². The van der Waals surface area contributed by atoms with E-state index in [0.717, 1.165) is 5.56 Å². The molecule has 0 radical (unpaired) electrons. The van der Waals surface area contributed by atoms with Crippen LogP contribution in [-0.2, 0) is 4.79 Å². The molecule has 0 aliphatic carbocycles. The minimum Gasteiger partial charge on any atom is -0.481 e. The SMILES string of the molecule is Cc1cc(Cl)ccc1OC(C)C(=O)Nc1ccc(C(=O)N(C)C)cc1. The lowest BCUT2D eigenvalue weighted by Gasteiger charge is -2.16. The summed E-state index contributed by atoms with van der Waals surface area (Å²) < 4.78 is 5.70. The van der Waals surface area contributed by atoms with Crippen LogP contribution < -0.4 is 10.1 Å². The van der Waals surface area contributed by atoms with Gasteiger partial charge < -0.3 is 15.0 Å². The number of hydrogen-bond acceptors (Lipinski definition) is 3. The van der Waals surface area contributed by atoms with E-state index in [0.29, 0.717) is 22.0 Å². The zero-order valence-electron chi connectivity index (χ0n) is 14.7. The molecule has 0 saturated heterocycles. The Morgan fingerprint density at radius 3 is 2.32 bits per heavy atom. The van der Waals surface area contributed by atoms with E-state index in [4.69, 9.17) is 16.3 Å². The van der Waals surface area contributed by atoms with Crippen molar-refractivity contribution in [2.45, 2.75) is 20.0 Å². The smallest absolute Gasteiger partial charge is 0.265 e. The zero-order chi connectivity index (χ0) is 18.6. The highest BCUT2D eigenvalue weighted by Gasteiger charge is 2.16. The van der Waals surface area contributed by atoms with Gasteiger partial charge in [0.1, 0.15) is 5.75 Å². The summed E-state index contributed by atoms with van der Waals surface area (Å²) in [6.07, 6.45) is -0.678. The van der Waals surface area contributed by atoms with E-state index < -0.39 is 6.10 Å². The van der Waals surface area contributed by atoms with Gasteiger partial charge in [0.05, 0.1) is 0 Å². The predicted octanol–water partition coefficient (Wildman–Crippen LogP) is 3.76. The van der Waals surface area contributed by atoms with Crippen LogP contribution >= 0.6 is 11.6 Å². The second-order valence-corrected chi connectivity index (χ2v) is 6.37. The molecule has 2 aromatic carbocycles. The maximum absolute atomic E-state index is 12.3. The van der Waals surface area contributed by atoms with Crippen molar-refractivity contribution >= 4 is 29.1 Å². The molecule has 5 nitrogen and oxygen atoms in total. The summed E-state index contributed by atoms with van der Waals surface area (Å²) >= 11 is 5.92. The minimum atomic E-state index is -0.678. The number of rotatable bonds is 5. The third-order valence-corrected chi connectivity index (χ3v) is 3.85. The van der Waals surface area contributed by atoms with Crippen LogP contribution in [0.5, 0.6) is 5.75 Å². The average molecular weight is 361 g/mol. The number of hydrogen-bond donors (Lipinski definition) is 1. The number of nitrogens with zero attached hydrogens (tertiary/aromatic N) is 1. The van der Waals surface area contributed by atoms with Crippen LogP contribution in [0.2, 0.25) is 5.02 Å². The summed E-state index contributed by atoms with van der Waals surface area (Å²) in [5, 5.41) is 3.39. The van der Waals surface area contributed by atoms with Crippen LogP contribution in [-0.4, -0.2) is 36.9 Å². The van der Waals surface area contributed by atoms with E-state index in [2.05, 4.69) is 5.32 Å². The Hall–Kier alpha value is -2.53. The lowest BCUT2D eigenvalue weighted by Crippen LogP contribution is -2.30. The number of carbonyl (C=O) groups is 2. The van der Waals surface area contributed by atoms with E-state index in [9.17, 15) is 9.59 Å². The van der Waals surface area contributed by atoms with Gasteiger partial charge in [-0.15, -0.1) is 0 Å². The number of halogens is 1. The topological polar surface area (TPSA) is 58.6 Å². The van der Waals surface area contributed by atoms with Gasteiger partial charge in [0, 0.05) is 30.4 Å². The second-order valence-electron chi connectivity index (χ2n) is 5.94. The lowest BCUT2D eigenvalue weighted by atomic mass is 10.2. The molecule has 0 heterocycles. The number of anilines is 1. The molecule has 132 valence electrons. The number of amides is 2. The molecule has 0 aliphatic heterocycles. The van der Waals surface area contributed by atoms with Crippen molar-refractivity contribution in [1.82, 2.24) is 4.90 Å². The van der Waals surface area contributed by atoms with Gasteiger partial charge in [-0.25, -0.2) is 0 Å². The molecule has 0 bridgehead atoms. The van der Waals surface area contributed by atoms with E-state index in [1.165, 1.54) is 4.90 Å². The van der Waals surface area contributed by atoms with E-state index in [-0.39, 0.29) is 11.8 Å². The summed E-state index contributed by atoms with van der Waals surface area (Å²) in [5.41, 5.74) is 2.02. The van der Waals surface area contributed by atoms with Gasteiger partial charge in [-0.05, 0) is 61.9 Å². The molecule has 2 aromatic rings. The fourth-order valence-electron chi connectivity index (χ4n) is 2.19. The Morgan fingerprint density at radius 2 is 1.76 bits per heavy atom. The third kappa shape index (κ3) is 4.97. The van der Waals surface area contributed by atoms with Gasteiger partial charge in [-0.3, -0.25) is 9.59 Å². The van der Waals surface area contributed by atoms with Gasteiger partial charge in [-0.2, -0.15) is 0 Å². The molecule has 0 aromatic heterocycles. The second kappa shape index (κ2) is 8.03. The number of ether oxygens (including phenoxy) is 1. The average Bonchev–Trinajstić information content (AvgIpc) is 2.57. The van der Waals surface area contributed by atoms with Crippen LogP contribution in [0.4, 0.5) is 5.69 Å². The Kier molecular flexibility index (Phi) is 6.04. The summed E-state index contributed by atoms with van der Waals surface area (Å²) in [6.45, 7) is 3.54. The molecule has 1 atom stereocenters. The first-order valence-corrected chi connectivity index (χ1v) is 8.21. The molecule has 1 N–H and O–H groups in total. The molecule has 6 heteroatoms. The summed E-state index contributed by atoms with van der Waals surface area (Å²) in [7, 11) is 3.38. The maximum atomic E-state index is 12.3. The highest BCUT2D eigenvalue weighted by atomic mass is 35.5. The standard InChI is InChI=1S/C19H21ClN2O3/c1-12-11-15(20)7-10-17(12)25-13(2)18(23)21-16-8-5-14(6-9-16)19(24)22(3)4/h5-11,13H,1-4H3,(H,21,23). The molecule has 0 saturated carbocycles. The van der Waals surface area contributed by atoms with E-state index >= 15 is 0 Å². The Labute approximate surface area is 152 Å². The molecule has 25 heavy (non-hydrogen) atoms. The number of carbonyl (C=O) groups excluding carboxylic acids is 2. The predicted molar refractivity (Wildman–Crippen MR) is 99.4 cm³/mol. The van der Waals surface area contributed by atoms with Crippen LogP contribution in [0.25, 0.3) is 0 Å². The first-order valence-electron chi connectivity index (χ1n) is 7.83. The Bertz CT molecular complexity index is 773. The summed E-state index contributed by atoms with van der Waals surface area (Å²) in [4.78, 5) is 25.6. The van der Waals surface area contributed by atoms with Gasteiger partial charge in [0.2, 0.25) is 0 Å². The van der Waals surface area contributed by atoms with Crippen molar-refractivity contribution < 1.29 is 14.3 Å². The quantitative estimate of drug-likeness (QED) is 0.883.